The fourth-order valence-corrected chi connectivity index (χ4v) is 4.14. The summed E-state index contributed by atoms with van der Waals surface area (Å²) >= 11 is 1.61. The lowest BCUT2D eigenvalue weighted by Gasteiger charge is -2.11. The number of amides is 2. The normalized spacial score (nSPS) is 11.1. The summed E-state index contributed by atoms with van der Waals surface area (Å²) in [7, 11) is -2.17. The Bertz CT molecular complexity index is 1090. The lowest BCUT2D eigenvalue weighted by atomic mass is 10.1. The predicted octanol–water partition coefficient (Wildman–Crippen LogP) is 4.60. The Hall–Kier alpha value is -2.89. The van der Waals surface area contributed by atoms with E-state index in [-0.39, 0.29) is 11.8 Å². The molecule has 0 radical (unpaired) electrons. The highest BCUT2D eigenvalue weighted by Gasteiger charge is 2.13. The van der Waals surface area contributed by atoms with E-state index in [2.05, 4.69) is 10.6 Å². The lowest BCUT2D eigenvalue weighted by molar-refractivity contribution is 0.0954. The first-order valence-electron chi connectivity index (χ1n) is 9.40. The van der Waals surface area contributed by atoms with Crippen LogP contribution in [0.2, 0.25) is 0 Å². The molecule has 0 spiro atoms. The molecule has 156 valence electrons. The smallest absolute Gasteiger partial charge is 0.255 e. The van der Waals surface area contributed by atoms with Crippen LogP contribution in [0.25, 0.3) is 10.4 Å². The second-order valence-corrected chi connectivity index (χ2v) is 11.9. The molecule has 0 aliphatic rings. The van der Waals surface area contributed by atoms with Crippen LogP contribution in [0.15, 0.2) is 60.0 Å². The zero-order chi connectivity index (χ0) is 21.7. The molecule has 0 bridgehead atoms. The first-order chi connectivity index (χ1) is 14.2. The Morgan fingerprint density at radius 3 is 2.27 bits per heavy atom. The van der Waals surface area contributed by atoms with Crippen LogP contribution in [0.3, 0.4) is 0 Å². The van der Waals surface area contributed by atoms with Crippen molar-refractivity contribution in [2.45, 2.75) is 0 Å². The molecule has 8 heteroatoms. The number of nitrogen functional groups attached to an aromatic ring is 1. The molecule has 3 aromatic rings. The molecule has 1 aromatic heterocycles. The summed E-state index contributed by atoms with van der Waals surface area (Å²) < 4.78 is 11.7. The molecule has 0 aliphatic carbocycles. The molecule has 0 unspecified atom stereocenters. The summed E-state index contributed by atoms with van der Waals surface area (Å²) in [6.07, 6.45) is 0.450. The van der Waals surface area contributed by atoms with Gasteiger partial charge in [0, 0.05) is 28.7 Å². The van der Waals surface area contributed by atoms with E-state index >= 15 is 0 Å². The van der Waals surface area contributed by atoms with E-state index in [9.17, 15) is 14.2 Å². The van der Waals surface area contributed by atoms with E-state index in [1.165, 1.54) is 0 Å². The number of carbonyl (C=O) groups excluding carboxylic acids is 2. The number of nitrogens with one attached hydrogen (secondary N) is 2. The lowest BCUT2D eigenvalue weighted by Crippen LogP contribution is -2.26. The summed E-state index contributed by atoms with van der Waals surface area (Å²) in [5.41, 5.74) is 8.87. The average molecular weight is 441 g/mol. The molecular weight excluding hydrogens is 417 g/mol. The molecule has 3 rings (SSSR count). The van der Waals surface area contributed by atoms with Gasteiger partial charge in [-0.25, -0.2) is 0 Å². The van der Waals surface area contributed by atoms with Gasteiger partial charge in [-0.2, -0.15) is 0 Å². The van der Waals surface area contributed by atoms with Crippen molar-refractivity contribution in [2.24, 2.45) is 0 Å². The summed E-state index contributed by atoms with van der Waals surface area (Å²) in [4.78, 5) is 25.9. The van der Waals surface area contributed by atoms with Crippen LogP contribution in [-0.4, -0.2) is 37.9 Å². The topological polar surface area (TPSA) is 101 Å². The number of hydrogen-bond acceptors (Lipinski definition) is 5. The van der Waals surface area contributed by atoms with Crippen molar-refractivity contribution >= 4 is 41.7 Å². The second-order valence-electron chi connectivity index (χ2n) is 7.36. The quantitative estimate of drug-likeness (QED) is 0.368. The number of benzene rings is 2. The van der Waals surface area contributed by atoms with E-state index in [1.54, 1.807) is 55.0 Å². The third-order valence-corrected chi connectivity index (χ3v) is 6.67. The molecule has 30 heavy (non-hydrogen) atoms. The standard InChI is InChI=1S/C22H24N3O3PS/c1-29(2,28)12-11-24-21(26)15-5-7-16(8-6-15)22(27)25-19-14-17(9-10-18(19)23)20-4-3-13-30-20/h3-10,13-14H,11-12,23H2,1-2H3,(H,24,26)(H,25,27). The number of nitrogens with two attached hydrogens (primary N) is 1. The van der Waals surface area contributed by atoms with Crippen LogP contribution in [0.1, 0.15) is 20.7 Å². The molecule has 2 amide bonds. The number of rotatable bonds is 7. The summed E-state index contributed by atoms with van der Waals surface area (Å²) in [6, 6.07) is 15.9. The third-order valence-electron chi connectivity index (χ3n) is 4.45. The van der Waals surface area contributed by atoms with Crippen LogP contribution in [0.4, 0.5) is 11.4 Å². The fraction of sp³-hybridized carbons (Fsp3) is 0.182. The van der Waals surface area contributed by atoms with E-state index in [0.29, 0.717) is 35.2 Å². The van der Waals surface area contributed by atoms with Gasteiger partial charge in [-0.3, -0.25) is 9.59 Å². The van der Waals surface area contributed by atoms with Gasteiger partial charge >= 0.3 is 0 Å². The maximum absolute atomic E-state index is 12.6. The van der Waals surface area contributed by atoms with Crippen LogP contribution in [-0.2, 0) is 4.57 Å². The van der Waals surface area contributed by atoms with Crippen LogP contribution in [0, 0.1) is 0 Å². The number of hydrogen-bond donors (Lipinski definition) is 3. The number of thiophene rings is 1. The van der Waals surface area contributed by atoms with Gasteiger partial charge in [0.2, 0.25) is 0 Å². The van der Waals surface area contributed by atoms with Crippen LogP contribution in [0.5, 0.6) is 0 Å². The van der Waals surface area contributed by atoms with Gasteiger partial charge in [-0.05, 0) is 66.7 Å². The van der Waals surface area contributed by atoms with Gasteiger partial charge < -0.3 is 20.9 Å². The molecule has 1 heterocycles. The average Bonchev–Trinajstić information content (AvgIpc) is 3.23. The van der Waals surface area contributed by atoms with Crippen molar-refractivity contribution in [1.29, 1.82) is 0 Å². The maximum Gasteiger partial charge on any atom is 0.255 e. The van der Waals surface area contributed by atoms with Crippen molar-refractivity contribution < 1.29 is 14.2 Å². The van der Waals surface area contributed by atoms with E-state index in [1.807, 2.05) is 29.6 Å². The molecule has 4 N–H and O–H groups in total. The van der Waals surface area contributed by atoms with Gasteiger partial charge in [-0.1, -0.05) is 12.1 Å². The highest BCUT2D eigenvalue weighted by atomic mass is 32.1. The highest BCUT2D eigenvalue weighted by Crippen LogP contribution is 2.34. The summed E-state index contributed by atoms with van der Waals surface area (Å²) in [5, 5.41) is 7.57. The molecule has 2 aromatic carbocycles. The van der Waals surface area contributed by atoms with E-state index < -0.39 is 7.14 Å². The molecule has 0 atom stereocenters. The van der Waals surface area contributed by atoms with Crippen LogP contribution < -0.4 is 16.4 Å². The van der Waals surface area contributed by atoms with Gasteiger partial charge in [0.05, 0.1) is 18.5 Å². The van der Waals surface area contributed by atoms with E-state index in [4.69, 9.17) is 5.73 Å². The van der Waals surface area contributed by atoms with Crippen molar-refractivity contribution in [3.63, 3.8) is 0 Å². The Labute approximate surface area is 179 Å². The molecule has 0 saturated heterocycles. The van der Waals surface area contributed by atoms with Gasteiger partial charge in [0.25, 0.3) is 11.8 Å². The SMILES string of the molecule is CP(C)(=O)CCNC(=O)c1ccc(C(=O)Nc2cc(-c3cccs3)ccc2N)cc1. The molecule has 0 fully saturated rings. The first kappa shape index (κ1) is 21.8. The Balaban J connectivity index is 1.66. The minimum atomic E-state index is -2.17. The Kier molecular flexibility index (Phi) is 6.75. The fourth-order valence-electron chi connectivity index (χ4n) is 2.77. The monoisotopic (exact) mass is 441 g/mol. The third kappa shape index (κ3) is 5.81. The number of anilines is 2. The minimum Gasteiger partial charge on any atom is -0.397 e. The minimum absolute atomic E-state index is 0.261. The zero-order valence-corrected chi connectivity index (χ0v) is 18.6. The first-order valence-corrected chi connectivity index (χ1v) is 13.1. The van der Waals surface area contributed by atoms with Gasteiger partial charge in [0.1, 0.15) is 0 Å². The molecular formula is C22H24N3O3PS. The Morgan fingerprint density at radius 2 is 1.67 bits per heavy atom. The van der Waals surface area contributed by atoms with Gasteiger partial charge in [-0.15, -0.1) is 11.3 Å². The maximum atomic E-state index is 12.6. The second kappa shape index (κ2) is 9.28. The molecule has 0 aliphatic heterocycles. The van der Waals surface area contributed by atoms with Crippen molar-refractivity contribution in [1.82, 2.24) is 5.32 Å². The van der Waals surface area contributed by atoms with Crippen LogP contribution >= 0.6 is 18.5 Å². The molecule has 0 saturated carbocycles. The predicted molar refractivity (Wildman–Crippen MR) is 125 cm³/mol. The van der Waals surface area contributed by atoms with Crippen molar-refractivity contribution in [3.05, 3.63) is 71.1 Å². The number of carbonyl (C=O) groups is 2. The van der Waals surface area contributed by atoms with Crippen molar-refractivity contribution in [2.75, 3.05) is 37.1 Å². The largest absolute Gasteiger partial charge is 0.397 e. The zero-order valence-electron chi connectivity index (χ0n) is 16.8. The van der Waals surface area contributed by atoms with Gasteiger partial charge in [0.15, 0.2) is 0 Å². The van der Waals surface area contributed by atoms with E-state index in [0.717, 1.165) is 10.4 Å². The summed E-state index contributed by atoms with van der Waals surface area (Å²) in [6.45, 7) is 3.73. The Morgan fingerprint density at radius 1 is 1.00 bits per heavy atom. The molecule has 6 nitrogen and oxygen atoms in total. The summed E-state index contributed by atoms with van der Waals surface area (Å²) in [5.74, 6) is -0.571. The highest BCUT2D eigenvalue weighted by molar-refractivity contribution is 7.62. The van der Waals surface area contributed by atoms with Crippen molar-refractivity contribution in [3.8, 4) is 10.4 Å².